The first-order valence-electron chi connectivity index (χ1n) is 5.84. The quantitative estimate of drug-likeness (QED) is 0.863. The highest BCUT2D eigenvalue weighted by molar-refractivity contribution is 9.10. The number of carbonyl (C=O) groups is 1. The van der Waals surface area contributed by atoms with Crippen molar-refractivity contribution in [2.75, 3.05) is 5.32 Å². The van der Waals surface area contributed by atoms with Crippen molar-refractivity contribution in [3.05, 3.63) is 52.3 Å². The Morgan fingerprint density at radius 3 is 2.52 bits per heavy atom. The summed E-state index contributed by atoms with van der Waals surface area (Å²) < 4.78 is 22.9. The summed E-state index contributed by atoms with van der Waals surface area (Å²) in [5.41, 5.74) is 1.65. The molecule has 1 heterocycles. The normalized spacial score (nSPS) is 11.2. The Morgan fingerprint density at radius 2 is 2.00 bits per heavy atom. The Morgan fingerprint density at radius 1 is 1.29 bits per heavy atom. The molecule has 0 atom stereocenters. The third-order valence-electron chi connectivity index (χ3n) is 2.69. The second-order valence-electron chi connectivity index (χ2n) is 4.33. The molecule has 0 saturated carbocycles. The Hall–Kier alpha value is -1.77. The number of anilines is 1. The van der Waals surface area contributed by atoms with Crippen molar-refractivity contribution in [3.63, 3.8) is 0 Å². The number of primary sulfonamides is 1. The minimum atomic E-state index is -3.78. The van der Waals surface area contributed by atoms with Gasteiger partial charge in [0.25, 0.3) is 5.91 Å². The first-order chi connectivity index (χ1) is 9.77. The van der Waals surface area contributed by atoms with Gasteiger partial charge in [0.05, 0.1) is 16.1 Å². The number of amides is 1. The van der Waals surface area contributed by atoms with Crippen molar-refractivity contribution in [2.45, 2.75) is 11.8 Å². The van der Waals surface area contributed by atoms with Crippen LogP contribution in [0, 0.1) is 6.92 Å². The van der Waals surface area contributed by atoms with Crippen molar-refractivity contribution in [1.29, 1.82) is 0 Å². The van der Waals surface area contributed by atoms with Crippen molar-refractivity contribution in [1.82, 2.24) is 4.98 Å². The summed E-state index contributed by atoms with van der Waals surface area (Å²) in [7, 11) is -3.78. The lowest BCUT2D eigenvalue weighted by atomic mass is 10.2. The predicted octanol–water partition coefficient (Wildman–Crippen LogP) is 2.05. The summed E-state index contributed by atoms with van der Waals surface area (Å²) in [6.07, 6.45) is 1.47. The molecule has 0 fully saturated rings. The maximum absolute atomic E-state index is 12.0. The van der Waals surface area contributed by atoms with Gasteiger partial charge in [-0.2, -0.15) is 0 Å². The van der Waals surface area contributed by atoms with Crippen molar-refractivity contribution in [3.8, 4) is 0 Å². The number of nitrogens with zero attached hydrogens (tertiary/aromatic N) is 1. The fourth-order valence-electron chi connectivity index (χ4n) is 1.57. The maximum Gasteiger partial charge on any atom is 0.257 e. The lowest BCUT2D eigenvalue weighted by Crippen LogP contribution is -2.14. The second-order valence-corrected chi connectivity index (χ2v) is 6.74. The van der Waals surface area contributed by atoms with Gasteiger partial charge in [0.1, 0.15) is 0 Å². The highest BCUT2D eigenvalue weighted by atomic mass is 79.9. The standard InChI is InChI=1S/C13H12BrN3O3S/c1-8-2-3-9(7-16-8)13(18)17-12-5-4-10(6-11(12)14)21(15,19)20/h2-7H,1H3,(H,17,18)(H2,15,19,20). The van der Waals surface area contributed by atoms with Gasteiger partial charge in [0, 0.05) is 16.4 Å². The van der Waals surface area contributed by atoms with Crippen LogP contribution >= 0.6 is 15.9 Å². The van der Waals surface area contributed by atoms with Gasteiger partial charge in [-0.25, -0.2) is 13.6 Å². The third kappa shape index (κ3) is 3.87. The number of carbonyl (C=O) groups excluding carboxylic acids is 1. The van der Waals surface area contributed by atoms with E-state index >= 15 is 0 Å². The van der Waals surface area contributed by atoms with Gasteiger partial charge < -0.3 is 5.32 Å². The number of pyridine rings is 1. The SMILES string of the molecule is Cc1ccc(C(=O)Nc2ccc(S(N)(=O)=O)cc2Br)cn1. The van der Waals surface area contributed by atoms with Gasteiger partial charge in [0.2, 0.25) is 10.0 Å². The summed E-state index contributed by atoms with van der Waals surface area (Å²) in [4.78, 5) is 16.0. The summed E-state index contributed by atoms with van der Waals surface area (Å²) in [6, 6.07) is 7.50. The lowest BCUT2D eigenvalue weighted by Gasteiger charge is -2.08. The van der Waals surface area contributed by atoms with Crippen LogP contribution in [0.5, 0.6) is 0 Å². The zero-order valence-electron chi connectivity index (χ0n) is 11.0. The van der Waals surface area contributed by atoms with Gasteiger partial charge in [-0.15, -0.1) is 0 Å². The van der Waals surface area contributed by atoms with Crippen LogP contribution in [0.25, 0.3) is 0 Å². The molecule has 0 saturated heterocycles. The summed E-state index contributed by atoms with van der Waals surface area (Å²) >= 11 is 3.20. The van der Waals surface area contributed by atoms with Crippen molar-refractivity contribution >= 4 is 37.5 Å². The van der Waals surface area contributed by atoms with Crippen LogP contribution in [0.1, 0.15) is 16.1 Å². The van der Waals surface area contributed by atoms with Crippen molar-refractivity contribution in [2.24, 2.45) is 5.14 Å². The number of sulfonamides is 1. The van der Waals surface area contributed by atoms with Crippen LogP contribution in [0.15, 0.2) is 45.9 Å². The molecular formula is C13H12BrN3O3S. The Labute approximate surface area is 130 Å². The largest absolute Gasteiger partial charge is 0.321 e. The molecule has 0 aliphatic rings. The summed E-state index contributed by atoms with van der Waals surface area (Å²) in [5.74, 6) is -0.341. The number of aryl methyl sites for hydroxylation is 1. The zero-order chi connectivity index (χ0) is 15.6. The number of hydrogen-bond acceptors (Lipinski definition) is 4. The highest BCUT2D eigenvalue weighted by Crippen LogP contribution is 2.25. The first kappa shape index (κ1) is 15.6. The molecule has 0 aliphatic carbocycles. The molecule has 1 aromatic heterocycles. The number of rotatable bonds is 3. The van der Waals surface area contributed by atoms with Gasteiger partial charge in [-0.3, -0.25) is 9.78 Å². The second kappa shape index (κ2) is 5.92. The van der Waals surface area contributed by atoms with Gasteiger partial charge in [-0.1, -0.05) is 0 Å². The highest BCUT2D eigenvalue weighted by Gasteiger charge is 2.13. The zero-order valence-corrected chi connectivity index (χ0v) is 13.4. The van der Waals surface area contributed by atoms with E-state index < -0.39 is 10.0 Å². The fraction of sp³-hybridized carbons (Fsp3) is 0.0769. The minimum absolute atomic E-state index is 0.0376. The maximum atomic E-state index is 12.0. The van der Waals surface area contributed by atoms with E-state index in [0.717, 1.165) is 5.69 Å². The molecule has 0 unspecified atom stereocenters. The predicted molar refractivity (Wildman–Crippen MR) is 82.4 cm³/mol. The van der Waals surface area contributed by atoms with E-state index in [1.807, 2.05) is 6.92 Å². The topological polar surface area (TPSA) is 102 Å². The molecule has 0 spiro atoms. The molecule has 0 bridgehead atoms. The average molecular weight is 370 g/mol. The lowest BCUT2D eigenvalue weighted by molar-refractivity contribution is 0.102. The van der Waals surface area contributed by atoms with E-state index in [2.05, 4.69) is 26.2 Å². The van der Waals surface area contributed by atoms with E-state index in [1.165, 1.54) is 24.4 Å². The number of halogens is 1. The van der Waals surface area contributed by atoms with Crippen LogP contribution in [0.4, 0.5) is 5.69 Å². The summed E-state index contributed by atoms with van der Waals surface area (Å²) in [6.45, 7) is 1.82. The van der Waals surface area contributed by atoms with E-state index in [1.54, 1.807) is 12.1 Å². The smallest absolute Gasteiger partial charge is 0.257 e. The van der Waals surface area contributed by atoms with Gasteiger partial charge in [0.15, 0.2) is 0 Å². The Kier molecular flexibility index (Phi) is 4.40. The van der Waals surface area contributed by atoms with E-state index in [0.29, 0.717) is 15.7 Å². The van der Waals surface area contributed by atoms with Crippen molar-refractivity contribution < 1.29 is 13.2 Å². The van der Waals surface area contributed by atoms with E-state index in [9.17, 15) is 13.2 Å². The monoisotopic (exact) mass is 369 g/mol. The summed E-state index contributed by atoms with van der Waals surface area (Å²) in [5, 5.41) is 7.70. The first-order valence-corrected chi connectivity index (χ1v) is 8.17. The molecule has 110 valence electrons. The molecule has 21 heavy (non-hydrogen) atoms. The molecule has 6 nitrogen and oxygen atoms in total. The fourth-order valence-corrected chi connectivity index (χ4v) is 2.74. The van der Waals surface area contributed by atoms with Crippen LogP contribution in [-0.2, 0) is 10.0 Å². The molecule has 2 aromatic rings. The van der Waals surface area contributed by atoms with E-state index in [-0.39, 0.29) is 10.8 Å². The Bertz CT molecular complexity index is 789. The number of nitrogens with two attached hydrogens (primary N) is 1. The number of nitrogens with one attached hydrogen (secondary N) is 1. The van der Waals surface area contributed by atoms with Gasteiger partial charge in [-0.05, 0) is 53.2 Å². The molecule has 0 radical (unpaired) electrons. The van der Waals surface area contributed by atoms with Crippen LogP contribution < -0.4 is 10.5 Å². The Balaban J connectivity index is 2.24. The molecule has 3 N–H and O–H groups in total. The molecule has 2 rings (SSSR count). The molecule has 8 heteroatoms. The molecule has 0 aliphatic heterocycles. The average Bonchev–Trinajstić information content (AvgIpc) is 2.40. The van der Waals surface area contributed by atoms with Crippen LogP contribution in [-0.4, -0.2) is 19.3 Å². The third-order valence-corrected chi connectivity index (χ3v) is 4.26. The van der Waals surface area contributed by atoms with Crippen LogP contribution in [0.3, 0.4) is 0 Å². The van der Waals surface area contributed by atoms with Gasteiger partial charge >= 0.3 is 0 Å². The molecule has 1 aromatic carbocycles. The van der Waals surface area contributed by atoms with Crippen LogP contribution in [0.2, 0.25) is 0 Å². The molecular weight excluding hydrogens is 358 g/mol. The number of benzene rings is 1. The number of aromatic nitrogens is 1. The van der Waals surface area contributed by atoms with E-state index in [4.69, 9.17) is 5.14 Å². The minimum Gasteiger partial charge on any atom is -0.321 e. The molecule has 1 amide bonds. The number of hydrogen-bond donors (Lipinski definition) is 2.